The van der Waals surface area contributed by atoms with Crippen molar-refractivity contribution in [1.82, 2.24) is 15.3 Å². The molecule has 5 nitrogen and oxygen atoms in total. The molecule has 108 valence electrons. The minimum absolute atomic E-state index is 0. The predicted octanol–water partition coefficient (Wildman–Crippen LogP) is 1.80. The van der Waals surface area contributed by atoms with Gasteiger partial charge in [0, 0.05) is 18.3 Å². The molecule has 0 aliphatic carbocycles. The Hall–Kier alpha value is -1.20. The van der Waals surface area contributed by atoms with Gasteiger partial charge in [0.2, 0.25) is 0 Å². The fourth-order valence-corrected chi connectivity index (χ4v) is 1.51. The molecule has 1 rings (SSSR count). The third kappa shape index (κ3) is 5.53. The van der Waals surface area contributed by atoms with Crippen LogP contribution in [0.25, 0.3) is 0 Å². The molecule has 1 amide bonds. The third-order valence-corrected chi connectivity index (χ3v) is 2.43. The van der Waals surface area contributed by atoms with Crippen LogP contribution in [0.2, 0.25) is 0 Å². The Kier molecular flexibility index (Phi) is 6.39. The van der Waals surface area contributed by atoms with Gasteiger partial charge in [-0.15, -0.1) is 12.4 Å². The summed E-state index contributed by atoms with van der Waals surface area (Å²) in [5, 5.41) is 2.81. The van der Waals surface area contributed by atoms with E-state index in [9.17, 15) is 4.79 Å². The number of carbonyl (C=O) groups excluding carboxylic acids is 1. The maximum Gasteiger partial charge on any atom is 0.254 e. The molecule has 0 unspecified atom stereocenters. The average molecular weight is 287 g/mol. The molecule has 0 aromatic carbocycles. The van der Waals surface area contributed by atoms with Gasteiger partial charge in [-0.05, 0) is 26.7 Å². The highest BCUT2D eigenvalue weighted by Crippen LogP contribution is 2.16. The van der Waals surface area contributed by atoms with Gasteiger partial charge in [0.05, 0.1) is 11.3 Å². The van der Waals surface area contributed by atoms with Crippen LogP contribution in [0.4, 0.5) is 0 Å². The molecule has 0 saturated carbocycles. The molecular formula is C13H23ClN4O. The summed E-state index contributed by atoms with van der Waals surface area (Å²) in [4.78, 5) is 20.5. The van der Waals surface area contributed by atoms with Crippen molar-refractivity contribution < 1.29 is 4.79 Å². The van der Waals surface area contributed by atoms with Crippen LogP contribution in [0, 0.1) is 6.92 Å². The number of nitrogens with one attached hydrogen (secondary N) is 1. The Labute approximate surface area is 120 Å². The van der Waals surface area contributed by atoms with Crippen LogP contribution in [0.1, 0.15) is 55.5 Å². The van der Waals surface area contributed by atoms with E-state index in [2.05, 4.69) is 15.3 Å². The zero-order valence-corrected chi connectivity index (χ0v) is 13.0. The topological polar surface area (TPSA) is 80.9 Å². The van der Waals surface area contributed by atoms with Crippen LogP contribution in [0.5, 0.6) is 0 Å². The van der Waals surface area contributed by atoms with Gasteiger partial charge < -0.3 is 11.1 Å². The number of halogens is 1. The van der Waals surface area contributed by atoms with Crippen molar-refractivity contribution in [2.24, 2.45) is 5.73 Å². The number of aromatic nitrogens is 2. The second-order valence-corrected chi connectivity index (χ2v) is 5.54. The summed E-state index contributed by atoms with van der Waals surface area (Å²) in [5.74, 6) is 0.685. The molecule has 0 atom stereocenters. The molecule has 3 N–H and O–H groups in total. The minimum atomic E-state index is -0.431. The summed E-state index contributed by atoms with van der Waals surface area (Å²) < 4.78 is 0. The largest absolute Gasteiger partial charge is 0.350 e. The van der Waals surface area contributed by atoms with Crippen molar-refractivity contribution >= 4 is 18.3 Å². The lowest BCUT2D eigenvalue weighted by Gasteiger charge is -2.19. The molecule has 0 radical (unpaired) electrons. The standard InChI is InChI=1S/C13H22N4O.ClH/c1-8(2)11-10(6-15-9(3)17-11)12(18)16-7-13(4,5)14;/h6,8H,7,14H2,1-5H3,(H,16,18);1H. The first-order valence-electron chi connectivity index (χ1n) is 6.11. The molecule has 6 heteroatoms. The van der Waals surface area contributed by atoms with Crippen molar-refractivity contribution in [2.75, 3.05) is 6.54 Å². The van der Waals surface area contributed by atoms with E-state index in [4.69, 9.17) is 5.73 Å². The summed E-state index contributed by atoms with van der Waals surface area (Å²) >= 11 is 0. The van der Waals surface area contributed by atoms with E-state index >= 15 is 0 Å². The smallest absolute Gasteiger partial charge is 0.254 e. The molecule has 19 heavy (non-hydrogen) atoms. The van der Waals surface area contributed by atoms with Crippen LogP contribution in [0.3, 0.4) is 0 Å². The van der Waals surface area contributed by atoms with Gasteiger partial charge in [-0.25, -0.2) is 9.97 Å². The molecule has 0 aliphatic rings. The van der Waals surface area contributed by atoms with E-state index in [1.807, 2.05) is 34.6 Å². The summed E-state index contributed by atoms with van der Waals surface area (Å²) in [6.45, 7) is 9.97. The molecule has 1 aromatic heterocycles. The summed E-state index contributed by atoms with van der Waals surface area (Å²) in [7, 11) is 0. The Morgan fingerprint density at radius 2 is 2.05 bits per heavy atom. The molecule has 1 aromatic rings. The van der Waals surface area contributed by atoms with E-state index < -0.39 is 5.54 Å². The minimum Gasteiger partial charge on any atom is -0.350 e. The molecule has 0 aliphatic heterocycles. The quantitative estimate of drug-likeness (QED) is 0.884. The number of nitrogens with two attached hydrogens (primary N) is 1. The van der Waals surface area contributed by atoms with Crippen LogP contribution in [0.15, 0.2) is 6.20 Å². The monoisotopic (exact) mass is 286 g/mol. The van der Waals surface area contributed by atoms with Crippen LogP contribution in [-0.2, 0) is 0 Å². The maximum atomic E-state index is 12.1. The summed E-state index contributed by atoms with van der Waals surface area (Å²) in [5.41, 5.74) is 6.71. The van der Waals surface area contributed by atoms with Gasteiger partial charge in [0.25, 0.3) is 5.91 Å². The zero-order chi connectivity index (χ0) is 13.9. The lowest BCUT2D eigenvalue weighted by atomic mass is 10.0. The second kappa shape index (κ2) is 6.82. The number of aryl methyl sites for hydroxylation is 1. The van der Waals surface area contributed by atoms with Gasteiger partial charge in [-0.3, -0.25) is 4.79 Å². The lowest BCUT2D eigenvalue weighted by Crippen LogP contribution is -2.45. The Balaban J connectivity index is 0.00000324. The molecule has 0 spiro atoms. The first-order valence-corrected chi connectivity index (χ1v) is 6.11. The highest BCUT2D eigenvalue weighted by Gasteiger charge is 2.18. The first kappa shape index (κ1) is 17.8. The fraction of sp³-hybridized carbons (Fsp3) is 0.615. The third-order valence-electron chi connectivity index (χ3n) is 2.43. The fourth-order valence-electron chi connectivity index (χ4n) is 1.51. The van der Waals surface area contributed by atoms with Gasteiger partial charge in [0.1, 0.15) is 5.82 Å². The number of amides is 1. The molecule has 1 heterocycles. The number of hydrogen-bond acceptors (Lipinski definition) is 4. The van der Waals surface area contributed by atoms with Gasteiger partial charge in [-0.1, -0.05) is 13.8 Å². The molecule has 0 saturated heterocycles. The van der Waals surface area contributed by atoms with E-state index in [-0.39, 0.29) is 24.2 Å². The van der Waals surface area contributed by atoms with Crippen molar-refractivity contribution in [3.63, 3.8) is 0 Å². The molecule has 0 fully saturated rings. The first-order chi connectivity index (χ1) is 8.20. The van der Waals surface area contributed by atoms with Crippen LogP contribution < -0.4 is 11.1 Å². The number of rotatable bonds is 4. The van der Waals surface area contributed by atoms with E-state index in [0.717, 1.165) is 5.69 Å². The van der Waals surface area contributed by atoms with Gasteiger partial charge in [0.15, 0.2) is 0 Å². The maximum absolute atomic E-state index is 12.1. The summed E-state index contributed by atoms with van der Waals surface area (Å²) in [6.07, 6.45) is 1.58. The van der Waals surface area contributed by atoms with Crippen molar-refractivity contribution in [3.8, 4) is 0 Å². The van der Waals surface area contributed by atoms with E-state index in [0.29, 0.717) is 17.9 Å². The SMILES string of the molecule is Cc1ncc(C(=O)NCC(C)(C)N)c(C(C)C)n1.Cl. The van der Waals surface area contributed by atoms with Crippen molar-refractivity contribution in [3.05, 3.63) is 23.3 Å². The Morgan fingerprint density at radius 3 is 2.53 bits per heavy atom. The van der Waals surface area contributed by atoms with Crippen LogP contribution >= 0.6 is 12.4 Å². The Morgan fingerprint density at radius 1 is 1.47 bits per heavy atom. The van der Waals surface area contributed by atoms with Gasteiger partial charge in [-0.2, -0.15) is 0 Å². The van der Waals surface area contributed by atoms with Crippen molar-refractivity contribution in [1.29, 1.82) is 0 Å². The van der Waals surface area contributed by atoms with Crippen molar-refractivity contribution in [2.45, 2.75) is 46.1 Å². The predicted molar refractivity (Wildman–Crippen MR) is 78.7 cm³/mol. The van der Waals surface area contributed by atoms with E-state index in [1.165, 1.54) is 0 Å². The zero-order valence-electron chi connectivity index (χ0n) is 12.2. The molecular weight excluding hydrogens is 264 g/mol. The highest BCUT2D eigenvalue weighted by molar-refractivity contribution is 5.95. The normalized spacial score (nSPS) is 11.1. The second-order valence-electron chi connectivity index (χ2n) is 5.54. The highest BCUT2D eigenvalue weighted by atomic mass is 35.5. The van der Waals surface area contributed by atoms with Crippen LogP contribution in [-0.4, -0.2) is 28.0 Å². The lowest BCUT2D eigenvalue weighted by molar-refractivity contribution is 0.0944. The number of carbonyl (C=O) groups is 1. The number of nitrogens with zero attached hydrogens (tertiary/aromatic N) is 2. The summed E-state index contributed by atoms with van der Waals surface area (Å²) in [6, 6.07) is 0. The number of hydrogen-bond donors (Lipinski definition) is 2. The van der Waals surface area contributed by atoms with Gasteiger partial charge >= 0.3 is 0 Å². The Bertz CT molecular complexity index is 441. The molecule has 0 bridgehead atoms. The average Bonchev–Trinajstić information content (AvgIpc) is 2.24. The van der Waals surface area contributed by atoms with E-state index in [1.54, 1.807) is 6.20 Å².